The van der Waals surface area contributed by atoms with Crippen molar-refractivity contribution in [3.63, 3.8) is 0 Å². The summed E-state index contributed by atoms with van der Waals surface area (Å²) in [6.45, 7) is 7.96. The molecule has 1 unspecified atom stereocenters. The maximum atomic E-state index is 10.2. The number of hydrogen-bond acceptors (Lipinski definition) is 3. The van der Waals surface area contributed by atoms with Crippen LogP contribution in [0.5, 0.6) is 0 Å². The van der Waals surface area contributed by atoms with E-state index in [1.807, 2.05) is 12.1 Å². The molecule has 1 aromatic heterocycles. The number of nitrogens with one attached hydrogen (secondary N) is 1. The van der Waals surface area contributed by atoms with Crippen molar-refractivity contribution >= 4 is 11.3 Å². The lowest BCUT2D eigenvalue weighted by Crippen LogP contribution is -2.21. The highest BCUT2D eigenvalue weighted by molar-refractivity contribution is 7.08. The van der Waals surface area contributed by atoms with Gasteiger partial charge < -0.3 is 10.4 Å². The number of aliphatic hydroxyl groups excluding tert-OH is 1. The Bertz CT molecular complexity index is 545. The number of aliphatic hydroxyl groups is 1. The monoisotopic (exact) mass is 303 g/mol. The molecule has 1 atom stereocenters. The predicted molar refractivity (Wildman–Crippen MR) is 90.7 cm³/mol. The summed E-state index contributed by atoms with van der Waals surface area (Å²) in [6, 6.07) is 8.34. The molecule has 114 valence electrons. The predicted octanol–water partition coefficient (Wildman–Crippen LogP) is 4.08. The minimum Gasteiger partial charge on any atom is -0.387 e. The Morgan fingerprint density at radius 1 is 1.14 bits per heavy atom. The van der Waals surface area contributed by atoms with Gasteiger partial charge in [-0.2, -0.15) is 11.3 Å². The molecule has 0 spiro atoms. The minimum atomic E-state index is -0.447. The third-order valence-corrected chi connectivity index (χ3v) is 4.53. The van der Waals surface area contributed by atoms with Crippen molar-refractivity contribution in [3.05, 3.63) is 57.3 Å². The molecule has 0 fully saturated rings. The Balaban J connectivity index is 1.82. The molecule has 0 radical (unpaired) electrons. The number of hydrogen-bond donors (Lipinski definition) is 2. The number of rotatable bonds is 7. The van der Waals surface area contributed by atoms with Gasteiger partial charge in [-0.25, -0.2) is 0 Å². The standard InChI is InChI=1S/C18H25NOS/c1-13(2)8-15-4-6-16(7-5-15)18(20)10-19-9-17-12-21-11-14(17)3/h4-7,11-13,18-20H,8-10H2,1-3H3. The molecule has 3 heteroatoms. The van der Waals surface area contributed by atoms with Gasteiger partial charge in [-0.1, -0.05) is 38.1 Å². The molecule has 0 saturated heterocycles. The Labute approximate surface area is 131 Å². The van der Waals surface area contributed by atoms with Gasteiger partial charge in [0.25, 0.3) is 0 Å². The van der Waals surface area contributed by atoms with Crippen LogP contribution < -0.4 is 5.32 Å². The van der Waals surface area contributed by atoms with Crippen molar-refractivity contribution in [2.45, 2.75) is 39.8 Å². The SMILES string of the molecule is Cc1cscc1CNCC(O)c1ccc(CC(C)C)cc1. The highest BCUT2D eigenvalue weighted by Crippen LogP contribution is 2.16. The molecule has 1 aromatic carbocycles. The second-order valence-corrected chi connectivity index (χ2v) is 6.81. The first-order chi connectivity index (χ1) is 10.1. The van der Waals surface area contributed by atoms with Gasteiger partial charge in [0.15, 0.2) is 0 Å². The molecule has 2 nitrogen and oxygen atoms in total. The van der Waals surface area contributed by atoms with Crippen LogP contribution in [0.4, 0.5) is 0 Å². The Morgan fingerprint density at radius 2 is 1.86 bits per heavy atom. The van der Waals surface area contributed by atoms with Gasteiger partial charge in [0.1, 0.15) is 0 Å². The molecule has 0 bridgehead atoms. The van der Waals surface area contributed by atoms with E-state index in [0.29, 0.717) is 12.5 Å². The zero-order valence-corrected chi connectivity index (χ0v) is 13.9. The molecular weight excluding hydrogens is 278 g/mol. The fourth-order valence-corrected chi connectivity index (χ4v) is 3.23. The Hall–Kier alpha value is -1.16. The van der Waals surface area contributed by atoms with Crippen LogP contribution in [-0.4, -0.2) is 11.7 Å². The Morgan fingerprint density at radius 3 is 2.43 bits per heavy atom. The first-order valence-corrected chi connectivity index (χ1v) is 8.50. The normalized spacial score (nSPS) is 12.8. The van der Waals surface area contributed by atoms with Crippen LogP contribution in [0.2, 0.25) is 0 Å². The minimum absolute atomic E-state index is 0.447. The summed E-state index contributed by atoms with van der Waals surface area (Å²) in [5.74, 6) is 0.663. The first kappa shape index (κ1) is 16.2. The third-order valence-electron chi connectivity index (χ3n) is 3.62. The van der Waals surface area contributed by atoms with E-state index in [1.165, 1.54) is 16.7 Å². The van der Waals surface area contributed by atoms with Crippen molar-refractivity contribution < 1.29 is 5.11 Å². The van der Waals surface area contributed by atoms with Gasteiger partial charge in [0.2, 0.25) is 0 Å². The van der Waals surface area contributed by atoms with Gasteiger partial charge >= 0.3 is 0 Å². The van der Waals surface area contributed by atoms with E-state index < -0.39 is 6.10 Å². The molecule has 0 aliphatic rings. The highest BCUT2D eigenvalue weighted by atomic mass is 32.1. The largest absolute Gasteiger partial charge is 0.387 e. The van der Waals surface area contributed by atoms with E-state index >= 15 is 0 Å². The zero-order valence-electron chi connectivity index (χ0n) is 13.1. The Kier molecular flexibility index (Phi) is 5.97. The van der Waals surface area contributed by atoms with Gasteiger partial charge in [-0.15, -0.1) is 0 Å². The van der Waals surface area contributed by atoms with E-state index in [2.05, 4.69) is 49.0 Å². The van der Waals surface area contributed by atoms with Crippen LogP contribution in [0.3, 0.4) is 0 Å². The lowest BCUT2D eigenvalue weighted by atomic mass is 10.0. The molecule has 2 rings (SSSR count). The topological polar surface area (TPSA) is 32.3 Å². The summed E-state index contributed by atoms with van der Waals surface area (Å²) in [6.07, 6.45) is 0.642. The molecule has 2 N–H and O–H groups in total. The van der Waals surface area contributed by atoms with Gasteiger partial charge in [0.05, 0.1) is 6.10 Å². The van der Waals surface area contributed by atoms with E-state index in [-0.39, 0.29) is 0 Å². The number of aryl methyl sites for hydroxylation is 1. The highest BCUT2D eigenvalue weighted by Gasteiger charge is 2.08. The fourth-order valence-electron chi connectivity index (χ4n) is 2.38. The van der Waals surface area contributed by atoms with E-state index in [9.17, 15) is 5.11 Å². The third kappa shape index (κ3) is 4.95. The maximum Gasteiger partial charge on any atom is 0.0914 e. The lowest BCUT2D eigenvalue weighted by molar-refractivity contribution is 0.174. The van der Waals surface area contributed by atoms with Crippen molar-refractivity contribution in [1.82, 2.24) is 5.32 Å². The van der Waals surface area contributed by atoms with Crippen LogP contribution in [0.25, 0.3) is 0 Å². The van der Waals surface area contributed by atoms with Crippen LogP contribution in [0.1, 0.15) is 42.2 Å². The summed E-state index contributed by atoms with van der Waals surface area (Å²) in [4.78, 5) is 0. The average Bonchev–Trinajstić information content (AvgIpc) is 2.84. The summed E-state index contributed by atoms with van der Waals surface area (Å²) >= 11 is 1.73. The molecule has 21 heavy (non-hydrogen) atoms. The average molecular weight is 303 g/mol. The molecule has 0 aliphatic heterocycles. The van der Waals surface area contributed by atoms with Crippen molar-refractivity contribution in [3.8, 4) is 0 Å². The molecule has 0 saturated carbocycles. The van der Waals surface area contributed by atoms with E-state index in [0.717, 1.165) is 18.5 Å². The molecule has 0 amide bonds. The van der Waals surface area contributed by atoms with Crippen LogP contribution in [0, 0.1) is 12.8 Å². The van der Waals surface area contributed by atoms with Gasteiger partial charge in [-0.05, 0) is 52.3 Å². The van der Waals surface area contributed by atoms with Crippen LogP contribution >= 0.6 is 11.3 Å². The summed E-state index contributed by atoms with van der Waals surface area (Å²) in [7, 11) is 0. The quantitative estimate of drug-likeness (QED) is 0.808. The molecule has 2 aromatic rings. The van der Waals surface area contributed by atoms with Gasteiger partial charge in [0, 0.05) is 13.1 Å². The van der Waals surface area contributed by atoms with Crippen molar-refractivity contribution in [2.24, 2.45) is 5.92 Å². The summed E-state index contributed by atoms with van der Waals surface area (Å²) in [5, 5.41) is 17.9. The molecule has 0 aliphatic carbocycles. The second kappa shape index (κ2) is 7.74. The van der Waals surface area contributed by atoms with Crippen LogP contribution in [0.15, 0.2) is 35.0 Å². The number of benzene rings is 1. The summed E-state index contributed by atoms with van der Waals surface area (Å²) in [5.41, 5.74) is 4.96. The number of thiophene rings is 1. The molecule has 1 heterocycles. The maximum absolute atomic E-state index is 10.2. The van der Waals surface area contributed by atoms with Gasteiger partial charge in [-0.3, -0.25) is 0 Å². The van der Waals surface area contributed by atoms with Crippen LogP contribution in [-0.2, 0) is 13.0 Å². The van der Waals surface area contributed by atoms with E-state index in [1.54, 1.807) is 11.3 Å². The van der Waals surface area contributed by atoms with Crippen molar-refractivity contribution in [1.29, 1.82) is 0 Å². The van der Waals surface area contributed by atoms with E-state index in [4.69, 9.17) is 0 Å². The first-order valence-electron chi connectivity index (χ1n) is 7.55. The lowest BCUT2D eigenvalue weighted by Gasteiger charge is -2.13. The molecular formula is C18H25NOS. The fraction of sp³-hybridized carbons (Fsp3) is 0.444. The smallest absolute Gasteiger partial charge is 0.0914 e. The second-order valence-electron chi connectivity index (χ2n) is 6.07. The zero-order chi connectivity index (χ0) is 15.2. The van der Waals surface area contributed by atoms with Crippen molar-refractivity contribution in [2.75, 3.05) is 6.54 Å². The summed E-state index contributed by atoms with van der Waals surface area (Å²) < 4.78 is 0.